The van der Waals surface area contributed by atoms with Gasteiger partial charge in [0.25, 0.3) is 5.56 Å². The topological polar surface area (TPSA) is 100 Å². The average molecular weight is 353 g/mol. The monoisotopic (exact) mass is 353 g/mol. The van der Waals surface area contributed by atoms with Crippen LogP contribution >= 0.6 is 0 Å². The average Bonchev–Trinajstić information content (AvgIpc) is 3.08. The van der Waals surface area contributed by atoms with Crippen molar-refractivity contribution in [1.29, 1.82) is 5.26 Å². The van der Waals surface area contributed by atoms with Crippen molar-refractivity contribution >= 4 is 17.4 Å². The molecule has 1 aromatic carbocycles. The fraction of sp³-hybridized carbons (Fsp3) is 0.333. The number of nitriles is 1. The lowest BCUT2D eigenvalue weighted by Crippen LogP contribution is -2.44. The second-order valence-corrected chi connectivity index (χ2v) is 6.28. The van der Waals surface area contributed by atoms with Crippen LogP contribution in [0, 0.1) is 11.3 Å². The Bertz CT molecular complexity index is 1040. The molecule has 2 aromatic rings. The van der Waals surface area contributed by atoms with Gasteiger partial charge in [-0.25, -0.2) is 4.79 Å². The molecular formula is C18H19N5O3. The Morgan fingerprint density at radius 3 is 2.62 bits per heavy atom. The van der Waals surface area contributed by atoms with Gasteiger partial charge in [-0.2, -0.15) is 5.26 Å². The summed E-state index contributed by atoms with van der Waals surface area (Å²) in [6, 6.07) is 8.79. The standard InChI is InChI=1S/C18H19N5O3/c1-11(16(24)23-9-8-12-6-4-5-7-14(12)23)20-15-13(10-19)17(25)22(3)18(26)21(15)2/h4-7,11,20H,8-9H2,1-3H3. The molecule has 3 rings (SSSR count). The minimum atomic E-state index is -0.717. The third-order valence-corrected chi connectivity index (χ3v) is 4.65. The number of carbonyl (C=O) groups is 1. The summed E-state index contributed by atoms with van der Waals surface area (Å²) < 4.78 is 2.04. The molecule has 1 aliphatic rings. The number of nitrogens with zero attached hydrogens (tertiary/aromatic N) is 4. The molecule has 0 saturated carbocycles. The zero-order valence-corrected chi connectivity index (χ0v) is 14.8. The molecule has 8 nitrogen and oxygen atoms in total. The summed E-state index contributed by atoms with van der Waals surface area (Å²) in [5.41, 5.74) is 0.513. The summed E-state index contributed by atoms with van der Waals surface area (Å²) in [7, 11) is 2.76. The second-order valence-electron chi connectivity index (χ2n) is 6.28. The highest BCUT2D eigenvalue weighted by atomic mass is 16.2. The first kappa shape index (κ1) is 17.5. The Balaban J connectivity index is 1.94. The summed E-state index contributed by atoms with van der Waals surface area (Å²) in [6.45, 7) is 2.22. The van der Waals surface area contributed by atoms with E-state index in [1.165, 1.54) is 18.7 Å². The molecule has 134 valence electrons. The van der Waals surface area contributed by atoms with E-state index < -0.39 is 17.3 Å². The number of carbonyl (C=O) groups excluding carboxylic acids is 1. The first-order chi connectivity index (χ1) is 12.4. The number of rotatable bonds is 3. The SMILES string of the molecule is CC(Nc1c(C#N)c(=O)n(C)c(=O)n1C)C(=O)N1CCc2ccccc21. The normalized spacial score (nSPS) is 13.8. The zero-order valence-electron chi connectivity index (χ0n) is 14.8. The second kappa shape index (κ2) is 6.52. The number of aromatic nitrogens is 2. The molecule has 2 heterocycles. The van der Waals surface area contributed by atoms with Crippen molar-refractivity contribution in [2.45, 2.75) is 19.4 Å². The van der Waals surface area contributed by atoms with Crippen LogP contribution in [0.1, 0.15) is 18.1 Å². The Hall–Kier alpha value is -3.34. The maximum absolute atomic E-state index is 12.9. The van der Waals surface area contributed by atoms with E-state index in [4.69, 9.17) is 0 Å². The summed E-state index contributed by atoms with van der Waals surface area (Å²) in [4.78, 5) is 38.8. The smallest absolute Gasteiger partial charge is 0.332 e. The molecule has 0 fully saturated rings. The maximum Gasteiger partial charge on any atom is 0.332 e. The third kappa shape index (κ3) is 2.67. The summed E-state index contributed by atoms with van der Waals surface area (Å²) in [5.74, 6) is -0.138. The predicted octanol–water partition coefficient (Wildman–Crippen LogP) is 0.345. The molecule has 1 aromatic heterocycles. The molecule has 0 bridgehead atoms. The van der Waals surface area contributed by atoms with E-state index in [0.717, 1.165) is 22.2 Å². The van der Waals surface area contributed by atoms with Crippen molar-refractivity contribution in [1.82, 2.24) is 9.13 Å². The number of amides is 1. The van der Waals surface area contributed by atoms with E-state index in [1.807, 2.05) is 30.3 Å². The minimum Gasteiger partial charge on any atom is -0.359 e. The number of para-hydroxylation sites is 1. The largest absolute Gasteiger partial charge is 0.359 e. The van der Waals surface area contributed by atoms with Gasteiger partial charge in [0, 0.05) is 26.3 Å². The summed E-state index contributed by atoms with van der Waals surface area (Å²) in [6.07, 6.45) is 0.780. The predicted molar refractivity (Wildman–Crippen MR) is 97.2 cm³/mol. The van der Waals surface area contributed by atoms with Gasteiger partial charge in [0.1, 0.15) is 17.9 Å². The van der Waals surface area contributed by atoms with Gasteiger partial charge >= 0.3 is 5.69 Å². The van der Waals surface area contributed by atoms with Gasteiger partial charge in [-0.05, 0) is 25.0 Å². The molecule has 0 radical (unpaired) electrons. The van der Waals surface area contributed by atoms with Crippen molar-refractivity contribution in [3.8, 4) is 6.07 Å². The van der Waals surface area contributed by atoms with Crippen LogP contribution in [0.15, 0.2) is 33.9 Å². The van der Waals surface area contributed by atoms with Crippen LogP contribution in [-0.2, 0) is 25.3 Å². The molecule has 0 aliphatic carbocycles. The number of hydrogen-bond acceptors (Lipinski definition) is 5. The Labute approximate surface area is 149 Å². The van der Waals surface area contributed by atoms with E-state index in [-0.39, 0.29) is 17.3 Å². The van der Waals surface area contributed by atoms with Gasteiger partial charge < -0.3 is 10.2 Å². The number of fused-ring (bicyclic) bond motifs is 1. The Kier molecular flexibility index (Phi) is 4.38. The van der Waals surface area contributed by atoms with Gasteiger partial charge in [-0.1, -0.05) is 18.2 Å². The van der Waals surface area contributed by atoms with Gasteiger partial charge in [-0.15, -0.1) is 0 Å². The van der Waals surface area contributed by atoms with Gasteiger partial charge in [-0.3, -0.25) is 18.7 Å². The first-order valence-corrected chi connectivity index (χ1v) is 8.22. The highest BCUT2D eigenvalue weighted by Crippen LogP contribution is 2.28. The van der Waals surface area contributed by atoms with E-state index in [2.05, 4.69) is 5.32 Å². The van der Waals surface area contributed by atoms with E-state index >= 15 is 0 Å². The van der Waals surface area contributed by atoms with Crippen molar-refractivity contribution in [2.24, 2.45) is 14.1 Å². The Morgan fingerprint density at radius 1 is 1.23 bits per heavy atom. The molecule has 1 N–H and O–H groups in total. The lowest BCUT2D eigenvalue weighted by Gasteiger charge is -2.24. The van der Waals surface area contributed by atoms with Crippen molar-refractivity contribution in [3.05, 3.63) is 56.2 Å². The van der Waals surface area contributed by atoms with Crippen molar-refractivity contribution in [2.75, 3.05) is 16.8 Å². The van der Waals surface area contributed by atoms with E-state index in [1.54, 1.807) is 11.8 Å². The summed E-state index contributed by atoms with van der Waals surface area (Å²) >= 11 is 0. The molecule has 8 heteroatoms. The van der Waals surface area contributed by atoms with Crippen molar-refractivity contribution in [3.63, 3.8) is 0 Å². The first-order valence-electron chi connectivity index (χ1n) is 8.22. The Morgan fingerprint density at radius 2 is 1.92 bits per heavy atom. The van der Waals surface area contributed by atoms with E-state index in [0.29, 0.717) is 6.54 Å². The minimum absolute atomic E-state index is 0.0499. The zero-order chi connectivity index (χ0) is 19.0. The van der Waals surface area contributed by atoms with Crippen LogP contribution < -0.4 is 21.5 Å². The maximum atomic E-state index is 12.9. The third-order valence-electron chi connectivity index (χ3n) is 4.65. The number of nitrogens with one attached hydrogen (secondary N) is 1. The van der Waals surface area contributed by atoms with Crippen LogP contribution in [0.4, 0.5) is 11.5 Å². The van der Waals surface area contributed by atoms with Crippen LogP contribution in [0.25, 0.3) is 0 Å². The molecule has 26 heavy (non-hydrogen) atoms. The summed E-state index contributed by atoms with van der Waals surface area (Å²) in [5, 5.41) is 12.2. The number of benzene rings is 1. The van der Waals surface area contributed by atoms with E-state index in [9.17, 15) is 19.6 Å². The molecule has 1 aliphatic heterocycles. The molecule has 1 unspecified atom stereocenters. The van der Waals surface area contributed by atoms with Crippen LogP contribution in [0.3, 0.4) is 0 Å². The van der Waals surface area contributed by atoms with Gasteiger partial charge in [0.15, 0.2) is 5.56 Å². The fourth-order valence-corrected chi connectivity index (χ4v) is 3.18. The highest BCUT2D eigenvalue weighted by molar-refractivity contribution is 6.00. The molecule has 1 atom stereocenters. The lowest BCUT2D eigenvalue weighted by molar-refractivity contribution is -0.118. The fourth-order valence-electron chi connectivity index (χ4n) is 3.18. The number of hydrogen-bond donors (Lipinski definition) is 1. The molecule has 1 amide bonds. The van der Waals surface area contributed by atoms with Gasteiger partial charge in [0.2, 0.25) is 5.91 Å². The van der Waals surface area contributed by atoms with Crippen molar-refractivity contribution < 1.29 is 4.79 Å². The number of anilines is 2. The lowest BCUT2D eigenvalue weighted by atomic mass is 10.2. The van der Waals surface area contributed by atoms with Crippen LogP contribution in [-0.4, -0.2) is 27.6 Å². The molecule has 0 saturated heterocycles. The highest BCUT2D eigenvalue weighted by Gasteiger charge is 2.29. The molecular weight excluding hydrogens is 334 g/mol. The van der Waals surface area contributed by atoms with Crippen LogP contribution in [0.5, 0.6) is 0 Å². The quantitative estimate of drug-likeness (QED) is 0.858. The molecule has 0 spiro atoms. The van der Waals surface area contributed by atoms with Crippen LogP contribution in [0.2, 0.25) is 0 Å². The van der Waals surface area contributed by atoms with Gasteiger partial charge in [0.05, 0.1) is 0 Å².